The first kappa shape index (κ1) is 22.6. The Morgan fingerprint density at radius 1 is 0.971 bits per heavy atom. The Hall–Kier alpha value is -3.23. The zero-order valence-electron chi connectivity index (χ0n) is 17.2. The van der Waals surface area contributed by atoms with E-state index in [0.717, 1.165) is 15.5 Å². The summed E-state index contributed by atoms with van der Waals surface area (Å²) in [6.45, 7) is 0. The summed E-state index contributed by atoms with van der Waals surface area (Å²) < 4.78 is 6.24. The van der Waals surface area contributed by atoms with Gasteiger partial charge in [-0.15, -0.1) is 11.3 Å². The Morgan fingerprint density at radius 2 is 1.79 bits per heavy atom. The monoisotopic (exact) mass is 524 g/mol. The molecular formula is C25H14Cl2N2O3S2. The number of carbonyl (C=O) groups excluding carboxylic acids is 1. The second kappa shape index (κ2) is 9.19. The molecule has 0 bridgehead atoms. The molecule has 0 spiro atoms. The molecule has 2 heterocycles. The normalized spacial score (nSPS) is 11.0. The quantitative estimate of drug-likeness (QED) is 0.194. The van der Waals surface area contributed by atoms with Gasteiger partial charge >= 0.3 is 5.63 Å². The molecule has 0 saturated heterocycles. The fourth-order valence-corrected chi connectivity index (χ4v) is 5.43. The van der Waals surface area contributed by atoms with Crippen molar-refractivity contribution in [2.75, 3.05) is 5.32 Å². The largest absolute Gasteiger partial charge is 0.422 e. The molecule has 168 valence electrons. The molecule has 3 aromatic carbocycles. The van der Waals surface area contributed by atoms with E-state index in [0.29, 0.717) is 37.3 Å². The summed E-state index contributed by atoms with van der Waals surface area (Å²) in [6.07, 6.45) is 0. The highest BCUT2D eigenvalue weighted by Crippen LogP contribution is 2.36. The van der Waals surface area contributed by atoms with Gasteiger partial charge in [-0.2, -0.15) is 0 Å². The number of carbonyl (C=O) groups is 1. The van der Waals surface area contributed by atoms with Gasteiger partial charge in [-0.3, -0.25) is 10.1 Å². The molecule has 9 heteroatoms. The maximum Gasteiger partial charge on any atom is 0.344 e. The minimum atomic E-state index is -0.439. The number of nitrogens with one attached hydrogen (secondary N) is 2. The molecule has 2 aromatic heterocycles. The molecule has 5 nitrogen and oxygen atoms in total. The third-order valence-corrected chi connectivity index (χ3v) is 7.19. The van der Waals surface area contributed by atoms with Crippen LogP contribution in [0, 0.1) is 0 Å². The van der Waals surface area contributed by atoms with Crippen molar-refractivity contribution in [3.63, 3.8) is 0 Å². The fraction of sp³-hybridized carbons (Fsp3) is 0. The number of thiophene rings is 1. The smallest absolute Gasteiger partial charge is 0.344 e. The Kier molecular flexibility index (Phi) is 6.10. The van der Waals surface area contributed by atoms with Crippen LogP contribution in [0.2, 0.25) is 10.0 Å². The molecule has 0 atom stereocenters. The lowest BCUT2D eigenvalue weighted by molar-refractivity contribution is 0.0982. The van der Waals surface area contributed by atoms with Gasteiger partial charge in [-0.05, 0) is 54.2 Å². The molecule has 0 unspecified atom stereocenters. The summed E-state index contributed by atoms with van der Waals surface area (Å²) in [5.41, 5.74) is 1.77. The van der Waals surface area contributed by atoms with E-state index >= 15 is 0 Å². The first-order valence-electron chi connectivity index (χ1n) is 10.0. The minimum absolute atomic E-state index is 0.0965. The molecule has 1 amide bonds. The molecule has 0 aliphatic heterocycles. The van der Waals surface area contributed by atoms with Gasteiger partial charge in [0.25, 0.3) is 5.91 Å². The average molecular weight is 525 g/mol. The first-order chi connectivity index (χ1) is 16.4. The number of halogens is 2. The van der Waals surface area contributed by atoms with Crippen molar-refractivity contribution < 1.29 is 9.21 Å². The highest BCUT2D eigenvalue weighted by molar-refractivity contribution is 7.80. The van der Waals surface area contributed by atoms with Crippen LogP contribution in [0.5, 0.6) is 0 Å². The molecule has 5 aromatic rings. The van der Waals surface area contributed by atoms with Crippen LogP contribution in [0.4, 0.5) is 5.69 Å². The molecular weight excluding hydrogens is 511 g/mol. The van der Waals surface area contributed by atoms with Crippen LogP contribution in [0.1, 0.15) is 9.67 Å². The number of amides is 1. The predicted molar refractivity (Wildman–Crippen MR) is 143 cm³/mol. The van der Waals surface area contributed by atoms with Crippen molar-refractivity contribution in [1.82, 2.24) is 5.32 Å². The molecule has 0 aliphatic carbocycles. The van der Waals surface area contributed by atoms with Crippen LogP contribution in [0.15, 0.2) is 82.0 Å². The van der Waals surface area contributed by atoms with Gasteiger partial charge in [-0.1, -0.05) is 59.6 Å². The Bertz CT molecular complexity index is 1660. The van der Waals surface area contributed by atoms with Crippen LogP contribution >= 0.6 is 46.8 Å². The van der Waals surface area contributed by atoms with Crippen molar-refractivity contribution in [3.05, 3.63) is 98.1 Å². The highest BCUT2D eigenvalue weighted by atomic mass is 35.5. The summed E-state index contributed by atoms with van der Waals surface area (Å²) in [5.74, 6) is -0.425. The van der Waals surface area contributed by atoms with Gasteiger partial charge in [0.15, 0.2) is 5.11 Å². The number of benzene rings is 3. The molecule has 2 N–H and O–H groups in total. The highest BCUT2D eigenvalue weighted by Gasteiger charge is 2.18. The standard InChI is InChI=1S/C25H14Cl2N2O3S2/c26-15-8-9-17-20(12-15)34-22(21(17)27)23(30)29-25(33)28-16-6-3-5-13(10-16)18-11-14-4-1-2-7-19(14)32-24(18)31/h1-12H,(H2,28,29,30,33). The Balaban J connectivity index is 1.36. The lowest BCUT2D eigenvalue weighted by Crippen LogP contribution is -2.33. The van der Waals surface area contributed by atoms with Gasteiger partial charge in [0.05, 0.1) is 10.6 Å². The van der Waals surface area contributed by atoms with Crippen LogP contribution in [0.3, 0.4) is 0 Å². The van der Waals surface area contributed by atoms with E-state index in [2.05, 4.69) is 10.6 Å². The molecule has 0 saturated carbocycles. The van der Waals surface area contributed by atoms with Crippen molar-refractivity contribution >= 4 is 84.5 Å². The Morgan fingerprint density at radius 3 is 2.65 bits per heavy atom. The SMILES string of the molecule is O=C(NC(=S)Nc1cccc(-c2cc3ccccc3oc2=O)c1)c1sc2cc(Cl)ccc2c1Cl. The van der Waals surface area contributed by atoms with Gasteiger partial charge < -0.3 is 9.73 Å². The summed E-state index contributed by atoms with van der Waals surface area (Å²) in [7, 11) is 0. The zero-order valence-corrected chi connectivity index (χ0v) is 20.4. The number of para-hydroxylation sites is 1. The maximum atomic E-state index is 12.8. The average Bonchev–Trinajstić information content (AvgIpc) is 3.14. The van der Waals surface area contributed by atoms with Gasteiger partial charge in [0, 0.05) is 26.2 Å². The topological polar surface area (TPSA) is 71.3 Å². The van der Waals surface area contributed by atoms with E-state index < -0.39 is 11.5 Å². The van der Waals surface area contributed by atoms with Crippen LogP contribution in [-0.2, 0) is 0 Å². The van der Waals surface area contributed by atoms with Crippen molar-refractivity contribution in [2.24, 2.45) is 0 Å². The van der Waals surface area contributed by atoms with Crippen molar-refractivity contribution in [1.29, 1.82) is 0 Å². The van der Waals surface area contributed by atoms with E-state index in [1.807, 2.05) is 18.2 Å². The number of anilines is 1. The minimum Gasteiger partial charge on any atom is -0.422 e. The van der Waals surface area contributed by atoms with Gasteiger partial charge in [-0.25, -0.2) is 4.79 Å². The summed E-state index contributed by atoms with van der Waals surface area (Å²) in [4.78, 5) is 25.6. The van der Waals surface area contributed by atoms with E-state index in [9.17, 15) is 9.59 Å². The van der Waals surface area contributed by atoms with Crippen molar-refractivity contribution in [3.8, 4) is 11.1 Å². The summed E-state index contributed by atoms with van der Waals surface area (Å²) >= 11 is 19.0. The summed E-state index contributed by atoms with van der Waals surface area (Å²) in [5, 5.41) is 8.21. The van der Waals surface area contributed by atoms with Crippen LogP contribution in [-0.4, -0.2) is 11.0 Å². The zero-order chi connectivity index (χ0) is 23.8. The maximum absolute atomic E-state index is 12.8. The van der Waals surface area contributed by atoms with Gasteiger partial charge in [0.1, 0.15) is 10.5 Å². The molecule has 5 rings (SSSR count). The molecule has 34 heavy (non-hydrogen) atoms. The second-order valence-electron chi connectivity index (χ2n) is 7.36. The first-order valence-corrected chi connectivity index (χ1v) is 12.0. The summed E-state index contributed by atoms with van der Waals surface area (Å²) in [6, 6.07) is 21.5. The lowest BCUT2D eigenvalue weighted by Gasteiger charge is -2.10. The third-order valence-electron chi connectivity index (χ3n) is 5.10. The lowest BCUT2D eigenvalue weighted by atomic mass is 10.1. The second-order valence-corrected chi connectivity index (χ2v) is 9.63. The molecule has 0 aliphatic rings. The number of rotatable bonds is 3. The van der Waals surface area contributed by atoms with E-state index in [1.165, 1.54) is 11.3 Å². The Labute approximate surface area is 212 Å². The van der Waals surface area contributed by atoms with E-state index in [1.54, 1.807) is 54.6 Å². The van der Waals surface area contributed by atoms with E-state index in [4.69, 9.17) is 39.8 Å². The number of hydrogen-bond donors (Lipinski definition) is 2. The van der Waals surface area contributed by atoms with Crippen molar-refractivity contribution in [2.45, 2.75) is 0 Å². The number of fused-ring (bicyclic) bond motifs is 2. The third kappa shape index (κ3) is 4.43. The molecule has 0 fully saturated rings. The van der Waals surface area contributed by atoms with E-state index in [-0.39, 0.29) is 5.11 Å². The number of hydrogen-bond acceptors (Lipinski definition) is 5. The molecule has 0 radical (unpaired) electrons. The van der Waals surface area contributed by atoms with Gasteiger partial charge in [0.2, 0.25) is 0 Å². The predicted octanol–water partition coefficient (Wildman–Crippen LogP) is 7.11. The fourth-order valence-electron chi connectivity index (χ4n) is 3.53. The van der Waals surface area contributed by atoms with Crippen LogP contribution in [0.25, 0.3) is 32.2 Å². The van der Waals surface area contributed by atoms with Crippen LogP contribution < -0.4 is 16.3 Å². The number of thiocarbonyl (C=S) groups is 1.